The van der Waals surface area contributed by atoms with E-state index in [-0.39, 0.29) is 0 Å². The molecule has 0 atom stereocenters. The molecule has 3 N–H and O–H groups in total. The molecule has 0 amide bonds. The van der Waals surface area contributed by atoms with E-state index in [1.807, 2.05) is 47.1 Å². The molecule has 0 bridgehead atoms. The molecule has 0 aliphatic carbocycles. The maximum Gasteiger partial charge on any atom is 0.140 e. The number of ether oxygens (including phenoxy) is 1. The van der Waals surface area contributed by atoms with Crippen LogP contribution in [0.5, 0.6) is 5.75 Å². The molecule has 3 aromatic heterocycles. The SMILES string of the molecule is CN=CC(=CN)c1ccc(CNc2cc(-c3cnc4cc(OCCSC)ccn34)ncn2)cc1. The smallest absolute Gasteiger partial charge is 0.140 e. The molecule has 174 valence electrons. The highest BCUT2D eigenvalue weighted by Gasteiger charge is 2.10. The number of hydrogen-bond donors (Lipinski definition) is 2. The number of aliphatic imine (C=N–C) groups is 1. The second-order valence-corrected chi connectivity index (χ2v) is 8.41. The Labute approximate surface area is 203 Å². The first-order valence-corrected chi connectivity index (χ1v) is 12.2. The van der Waals surface area contributed by atoms with Gasteiger partial charge < -0.3 is 15.8 Å². The van der Waals surface area contributed by atoms with Crippen molar-refractivity contribution < 1.29 is 4.74 Å². The van der Waals surface area contributed by atoms with Crippen LogP contribution in [-0.2, 0) is 6.54 Å². The van der Waals surface area contributed by atoms with Gasteiger partial charge in [-0.3, -0.25) is 9.39 Å². The Kier molecular flexibility index (Phi) is 7.77. The fourth-order valence-electron chi connectivity index (χ4n) is 3.44. The molecule has 4 rings (SSSR count). The summed E-state index contributed by atoms with van der Waals surface area (Å²) < 4.78 is 7.77. The Bertz CT molecular complexity index is 1300. The molecule has 0 aliphatic rings. The average molecular weight is 474 g/mol. The van der Waals surface area contributed by atoms with Gasteiger partial charge >= 0.3 is 0 Å². The molecule has 0 aliphatic heterocycles. The lowest BCUT2D eigenvalue weighted by molar-refractivity contribution is 0.344. The Morgan fingerprint density at radius 1 is 1.18 bits per heavy atom. The number of fused-ring (bicyclic) bond motifs is 1. The van der Waals surface area contributed by atoms with E-state index >= 15 is 0 Å². The third kappa shape index (κ3) is 5.55. The van der Waals surface area contributed by atoms with Crippen LogP contribution in [0.3, 0.4) is 0 Å². The number of benzene rings is 1. The Balaban J connectivity index is 1.45. The number of nitrogens with zero attached hydrogens (tertiary/aromatic N) is 5. The average Bonchev–Trinajstić information content (AvgIpc) is 3.30. The van der Waals surface area contributed by atoms with Gasteiger partial charge in [-0.05, 0) is 23.4 Å². The molecule has 0 saturated heterocycles. The maximum absolute atomic E-state index is 5.78. The summed E-state index contributed by atoms with van der Waals surface area (Å²) in [6.45, 7) is 1.30. The Hall–Kier alpha value is -3.85. The molecule has 3 heterocycles. The second-order valence-electron chi connectivity index (χ2n) is 7.42. The number of nitrogens with one attached hydrogen (secondary N) is 1. The van der Waals surface area contributed by atoms with E-state index < -0.39 is 0 Å². The number of nitrogens with two attached hydrogens (primary N) is 1. The van der Waals surface area contributed by atoms with Gasteiger partial charge in [0.15, 0.2) is 0 Å². The topological polar surface area (TPSA) is 103 Å². The molecule has 0 spiro atoms. The fraction of sp³-hybridized carbons (Fsp3) is 0.200. The van der Waals surface area contributed by atoms with Crippen molar-refractivity contribution in [1.29, 1.82) is 0 Å². The highest BCUT2D eigenvalue weighted by atomic mass is 32.2. The summed E-state index contributed by atoms with van der Waals surface area (Å²) in [6, 6.07) is 14.0. The Morgan fingerprint density at radius 3 is 2.79 bits per heavy atom. The molecule has 0 unspecified atom stereocenters. The molecule has 9 heteroatoms. The van der Waals surface area contributed by atoms with Gasteiger partial charge in [-0.1, -0.05) is 24.3 Å². The van der Waals surface area contributed by atoms with E-state index in [9.17, 15) is 0 Å². The summed E-state index contributed by atoms with van der Waals surface area (Å²) in [6.07, 6.45) is 10.7. The van der Waals surface area contributed by atoms with Crippen LogP contribution in [0, 0.1) is 0 Å². The molecule has 0 saturated carbocycles. The largest absolute Gasteiger partial charge is 0.493 e. The van der Waals surface area contributed by atoms with Gasteiger partial charge in [0, 0.05) is 55.7 Å². The first kappa shape index (κ1) is 23.3. The van der Waals surface area contributed by atoms with Gasteiger partial charge in [-0.25, -0.2) is 15.0 Å². The number of imidazole rings is 1. The first-order chi connectivity index (χ1) is 16.7. The Morgan fingerprint density at radius 2 is 2.03 bits per heavy atom. The van der Waals surface area contributed by atoms with Crippen molar-refractivity contribution in [3.63, 3.8) is 0 Å². The van der Waals surface area contributed by atoms with Crippen LogP contribution < -0.4 is 15.8 Å². The summed E-state index contributed by atoms with van der Waals surface area (Å²) in [5.74, 6) is 2.50. The van der Waals surface area contributed by atoms with E-state index in [1.165, 1.54) is 0 Å². The predicted molar refractivity (Wildman–Crippen MR) is 140 cm³/mol. The normalized spacial score (nSPS) is 11.9. The van der Waals surface area contributed by atoms with Crippen LogP contribution in [0.15, 0.2) is 72.4 Å². The number of aromatic nitrogens is 4. The van der Waals surface area contributed by atoms with Gasteiger partial charge in [0.2, 0.25) is 0 Å². The number of thioether (sulfide) groups is 1. The number of hydrogen-bond acceptors (Lipinski definition) is 8. The van der Waals surface area contributed by atoms with Crippen LogP contribution in [0.4, 0.5) is 5.82 Å². The van der Waals surface area contributed by atoms with Crippen molar-refractivity contribution >= 4 is 35.0 Å². The maximum atomic E-state index is 5.78. The zero-order valence-electron chi connectivity index (χ0n) is 19.2. The molecular formula is C25H27N7OS. The summed E-state index contributed by atoms with van der Waals surface area (Å²) in [4.78, 5) is 17.4. The van der Waals surface area contributed by atoms with Crippen LogP contribution in [0.2, 0.25) is 0 Å². The molecule has 1 aromatic carbocycles. The lowest BCUT2D eigenvalue weighted by Crippen LogP contribution is -2.03. The van der Waals surface area contributed by atoms with Crippen molar-refractivity contribution in [3.8, 4) is 17.1 Å². The van der Waals surface area contributed by atoms with E-state index in [4.69, 9.17) is 10.5 Å². The minimum absolute atomic E-state index is 0.629. The molecule has 4 aromatic rings. The van der Waals surface area contributed by atoms with E-state index in [0.717, 1.165) is 51.1 Å². The van der Waals surface area contributed by atoms with E-state index in [1.54, 1.807) is 37.6 Å². The van der Waals surface area contributed by atoms with Gasteiger partial charge in [0.05, 0.1) is 24.2 Å². The van der Waals surface area contributed by atoms with Gasteiger partial charge in [0.25, 0.3) is 0 Å². The molecule has 34 heavy (non-hydrogen) atoms. The number of anilines is 1. The van der Waals surface area contributed by atoms with E-state index in [0.29, 0.717) is 13.2 Å². The van der Waals surface area contributed by atoms with Crippen LogP contribution in [0.25, 0.3) is 22.6 Å². The van der Waals surface area contributed by atoms with E-state index in [2.05, 4.69) is 43.6 Å². The van der Waals surface area contributed by atoms with Crippen molar-refractivity contribution in [2.75, 3.05) is 31.0 Å². The number of allylic oxidation sites excluding steroid dienone is 1. The lowest BCUT2D eigenvalue weighted by Gasteiger charge is -2.09. The summed E-state index contributed by atoms with van der Waals surface area (Å²) in [5.41, 5.74) is 11.2. The highest BCUT2D eigenvalue weighted by molar-refractivity contribution is 7.98. The predicted octanol–water partition coefficient (Wildman–Crippen LogP) is 4.15. The zero-order valence-corrected chi connectivity index (χ0v) is 20.0. The summed E-state index contributed by atoms with van der Waals surface area (Å²) >= 11 is 1.76. The molecule has 8 nitrogen and oxygen atoms in total. The highest BCUT2D eigenvalue weighted by Crippen LogP contribution is 2.23. The molecular weight excluding hydrogens is 446 g/mol. The minimum atomic E-state index is 0.629. The number of rotatable bonds is 10. The fourth-order valence-corrected chi connectivity index (χ4v) is 3.69. The van der Waals surface area contributed by atoms with Crippen molar-refractivity contribution in [2.45, 2.75) is 6.54 Å². The van der Waals surface area contributed by atoms with Gasteiger partial charge in [0.1, 0.15) is 23.5 Å². The minimum Gasteiger partial charge on any atom is -0.493 e. The van der Waals surface area contributed by atoms with Crippen LogP contribution >= 0.6 is 11.8 Å². The van der Waals surface area contributed by atoms with Crippen molar-refractivity contribution in [3.05, 3.63) is 78.5 Å². The lowest BCUT2D eigenvalue weighted by atomic mass is 10.1. The molecule has 0 fully saturated rings. The van der Waals surface area contributed by atoms with Crippen LogP contribution in [-0.4, -0.2) is 51.2 Å². The summed E-state index contributed by atoms with van der Waals surface area (Å²) in [5, 5.41) is 3.37. The molecule has 0 radical (unpaired) electrons. The van der Waals surface area contributed by atoms with Crippen molar-refractivity contribution in [1.82, 2.24) is 19.4 Å². The number of pyridine rings is 1. The zero-order chi connectivity index (χ0) is 23.8. The second kappa shape index (κ2) is 11.3. The van der Waals surface area contributed by atoms with Crippen molar-refractivity contribution in [2.24, 2.45) is 10.7 Å². The first-order valence-electron chi connectivity index (χ1n) is 10.8. The monoisotopic (exact) mass is 473 g/mol. The van der Waals surface area contributed by atoms with Gasteiger partial charge in [-0.2, -0.15) is 11.8 Å². The quantitative estimate of drug-likeness (QED) is 0.263. The third-order valence-electron chi connectivity index (χ3n) is 5.18. The van der Waals surface area contributed by atoms with Crippen LogP contribution in [0.1, 0.15) is 11.1 Å². The third-order valence-corrected chi connectivity index (χ3v) is 5.75. The summed E-state index contributed by atoms with van der Waals surface area (Å²) in [7, 11) is 1.73. The van der Waals surface area contributed by atoms with Gasteiger partial charge in [-0.15, -0.1) is 0 Å². The standard InChI is InChI=1S/C25H27N7OS/c1-27-15-20(13-26)19-5-3-18(4-6-19)14-28-24-12-22(30-17-31-24)23-16-29-25-11-21(7-8-32(23)25)33-9-10-34-2/h3-8,11-13,15-17H,9-10,14,26H2,1-2H3,(H,28,30,31).